The first-order valence-electron chi connectivity index (χ1n) is 6.43. The average molecular weight is 238 g/mol. The molecule has 1 fully saturated rings. The maximum absolute atomic E-state index is 9.42. The summed E-state index contributed by atoms with van der Waals surface area (Å²) in [6, 6.07) is 4.24. The van der Waals surface area contributed by atoms with Crippen LogP contribution in [0.1, 0.15) is 38.0 Å². The fourth-order valence-corrected chi connectivity index (χ4v) is 2.72. The molecule has 3 N–H and O–H groups in total. The Morgan fingerprint density at radius 2 is 2.47 bits per heavy atom. The van der Waals surface area contributed by atoms with Gasteiger partial charge in [-0.1, -0.05) is 6.92 Å². The summed E-state index contributed by atoms with van der Waals surface area (Å²) in [4.78, 5) is 2.30. The summed E-state index contributed by atoms with van der Waals surface area (Å²) in [7, 11) is 0. The molecule has 0 radical (unpaired) electrons. The van der Waals surface area contributed by atoms with Gasteiger partial charge in [0.2, 0.25) is 0 Å². The van der Waals surface area contributed by atoms with Crippen molar-refractivity contribution in [1.29, 1.82) is 0 Å². The average Bonchev–Trinajstić information content (AvgIpc) is 3.00. The maximum Gasteiger partial charge on any atom is 0.122 e. The fraction of sp³-hybridized carbons (Fsp3) is 0.692. The minimum atomic E-state index is 0.0494. The number of likely N-dealkylation sites (tertiary alicyclic amines) is 1. The summed E-state index contributed by atoms with van der Waals surface area (Å²) in [5.41, 5.74) is 6.22. The largest absolute Gasteiger partial charge is 0.468 e. The van der Waals surface area contributed by atoms with Gasteiger partial charge >= 0.3 is 0 Å². The van der Waals surface area contributed by atoms with Crippen molar-refractivity contribution in [2.75, 3.05) is 13.2 Å². The van der Waals surface area contributed by atoms with Gasteiger partial charge in [-0.25, -0.2) is 0 Å². The van der Waals surface area contributed by atoms with Gasteiger partial charge in [0.15, 0.2) is 0 Å². The van der Waals surface area contributed by atoms with Gasteiger partial charge in [-0.2, -0.15) is 0 Å². The molecule has 3 unspecified atom stereocenters. The van der Waals surface area contributed by atoms with Crippen LogP contribution in [0.25, 0.3) is 0 Å². The zero-order valence-electron chi connectivity index (χ0n) is 10.4. The number of aliphatic hydroxyl groups is 1. The van der Waals surface area contributed by atoms with Gasteiger partial charge in [-0.15, -0.1) is 0 Å². The molecule has 1 saturated heterocycles. The lowest BCUT2D eigenvalue weighted by molar-refractivity contribution is 0.0922. The van der Waals surface area contributed by atoms with E-state index in [-0.39, 0.29) is 24.7 Å². The van der Waals surface area contributed by atoms with Crippen LogP contribution in [-0.2, 0) is 0 Å². The normalized spacial score (nSPS) is 25.0. The molecule has 0 aromatic carbocycles. The predicted octanol–water partition coefficient (Wildman–Crippen LogP) is 1.51. The minimum Gasteiger partial charge on any atom is -0.468 e. The SMILES string of the molecule is CCC(N)C(c1ccco1)N1CCCC1CO. The van der Waals surface area contributed by atoms with E-state index in [4.69, 9.17) is 10.2 Å². The first-order valence-corrected chi connectivity index (χ1v) is 6.43. The first kappa shape index (κ1) is 12.6. The summed E-state index contributed by atoms with van der Waals surface area (Å²) in [5, 5.41) is 9.42. The highest BCUT2D eigenvalue weighted by Gasteiger charge is 2.35. The lowest BCUT2D eigenvalue weighted by atomic mass is 10.0. The van der Waals surface area contributed by atoms with Crippen molar-refractivity contribution in [1.82, 2.24) is 4.90 Å². The number of nitrogens with zero attached hydrogens (tertiary/aromatic N) is 1. The number of aliphatic hydroxyl groups excluding tert-OH is 1. The Kier molecular flexibility index (Phi) is 4.20. The summed E-state index contributed by atoms with van der Waals surface area (Å²) in [6.07, 6.45) is 4.76. The molecule has 4 nitrogen and oxygen atoms in total. The molecular weight excluding hydrogens is 216 g/mol. The Bertz CT molecular complexity index is 326. The Hall–Kier alpha value is -0.840. The number of furan rings is 1. The second kappa shape index (κ2) is 5.67. The van der Waals surface area contributed by atoms with Crippen molar-refractivity contribution >= 4 is 0 Å². The molecule has 1 aromatic rings. The zero-order chi connectivity index (χ0) is 12.3. The molecule has 2 heterocycles. The predicted molar refractivity (Wildman–Crippen MR) is 66.5 cm³/mol. The van der Waals surface area contributed by atoms with Gasteiger partial charge in [-0.3, -0.25) is 4.90 Å². The molecule has 1 aromatic heterocycles. The molecule has 1 aliphatic rings. The molecule has 2 rings (SSSR count). The van der Waals surface area contributed by atoms with Crippen LogP contribution < -0.4 is 5.73 Å². The van der Waals surface area contributed by atoms with Crippen LogP contribution in [0.2, 0.25) is 0 Å². The third kappa shape index (κ3) is 2.54. The summed E-state index contributed by atoms with van der Waals surface area (Å²) >= 11 is 0. The van der Waals surface area contributed by atoms with Gasteiger partial charge in [0.1, 0.15) is 5.76 Å². The number of nitrogens with two attached hydrogens (primary N) is 1. The van der Waals surface area contributed by atoms with Crippen molar-refractivity contribution in [3.63, 3.8) is 0 Å². The van der Waals surface area contributed by atoms with Crippen LogP contribution in [0.4, 0.5) is 0 Å². The maximum atomic E-state index is 9.42. The first-order chi connectivity index (χ1) is 8.27. The Morgan fingerprint density at radius 1 is 1.65 bits per heavy atom. The molecule has 0 spiro atoms. The number of hydrogen-bond donors (Lipinski definition) is 2. The monoisotopic (exact) mass is 238 g/mol. The Labute approximate surface area is 102 Å². The molecular formula is C13H22N2O2. The fourth-order valence-electron chi connectivity index (χ4n) is 2.72. The van der Waals surface area contributed by atoms with Crippen molar-refractivity contribution in [3.8, 4) is 0 Å². The molecule has 4 heteroatoms. The van der Waals surface area contributed by atoms with Crippen LogP contribution >= 0.6 is 0 Å². The van der Waals surface area contributed by atoms with Crippen molar-refractivity contribution in [2.45, 2.75) is 44.3 Å². The van der Waals surface area contributed by atoms with E-state index in [1.54, 1.807) is 6.26 Å². The van der Waals surface area contributed by atoms with E-state index in [2.05, 4.69) is 11.8 Å². The molecule has 0 amide bonds. The standard InChI is InChI=1S/C13H22N2O2/c1-2-11(14)13(12-6-4-8-17-12)15-7-3-5-10(15)9-16/h4,6,8,10-11,13,16H,2-3,5,7,9,14H2,1H3. The van der Waals surface area contributed by atoms with Crippen LogP contribution in [0.5, 0.6) is 0 Å². The molecule has 0 bridgehead atoms. The Morgan fingerprint density at radius 3 is 3.06 bits per heavy atom. The number of rotatable bonds is 5. The van der Waals surface area contributed by atoms with E-state index in [0.717, 1.165) is 31.6 Å². The highest BCUT2D eigenvalue weighted by molar-refractivity contribution is 5.09. The quantitative estimate of drug-likeness (QED) is 0.816. The molecule has 96 valence electrons. The van der Waals surface area contributed by atoms with E-state index in [9.17, 15) is 5.11 Å². The Balaban J connectivity index is 2.21. The summed E-state index contributed by atoms with van der Waals surface area (Å²) in [5.74, 6) is 0.916. The van der Waals surface area contributed by atoms with Crippen LogP contribution in [0.15, 0.2) is 22.8 Å². The lowest BCUT2D eigenvalue weighted by Crippen LogP contribution is -2.44. The van der Waals surface area contributed by atoms with Gasteiger partial charge in [0.05, 0.1) is 18.9 Å². The molecule has 0 saturated carbocycles. The summed E-state index contributed by atoms with van der Waals surface area (Å²) < 4.78 is 5.52. The summed E-state index contributed by atoms with van der Waals surface area (Å²) in [6.45, 7) is 3.28. The third-order valence-corrected chi connectivity index (χ3v) is 3.70. The van der Waals surface area contributed by atoms with Crippen molar-refractivity contribution in [3.05, 3.63) is 24.2 Å². The van der Waals surface area contributed by atoms with Crippen molar-refractivity contribution < 1.29 is 9.52 Å². The lowest BCUT2D eigenvalue weighted by Gasteiger charge is -2.34. The van der Waals surface area contributed by atoms with Crippen LogP contribution in [0, 0.1) is 0 Å². The van der Waals surface area contributed by atoms with Crippen molar-refractivity contribution in [2.24, 2.45) is 5.73 Å². The van der Waals surface area contributed by atoms with Gasteiger partial charge in [0.25, 0.3) is 0 Å². The zero-order valence-corrected chi connectivity index (χ0v) is 10.4. The van der Waals surface area contributed by atoms with E-state index in [1.807, 2.05) is 12.1 Å². The van der Waals surface area contributed by atoms with E-state index in [0.29, 0.717) is 0 Å². The van der Waals surface area contributed by atoms with E-state index >= 15 is 0 Å². The van der Waals surface area contributed by atoms with E-state index < -0.39 is 0 Å². The second-order valence-corrected chi connectivity index (χ2v) is 4.75. The van der Waals surface area contributed by atoms with Gasteiger partial charge in [0, 0.05) is 12.1 Å². The molecule has 17 heavy (non-hydrogen) atoms. The van der Waals surface area contributed by atoms with Gasteiger partial charge in [-0.05, 0) is 37.9 Å². The molecule has 1 aliphatic heterocycles. The van der Waals surface area contributed by atoms with Crippen LogP contribution in [-0.4, -0.2) is 35.2 Å². The van der Waals surface area contributed by atoms with Crippen LogP contribution in [0.3, 0.4) is 0 Å². The highest BCUT2D eigenvalue weighted by Crippen LogP contribution is 2.32. The number of hydrogen-bond acceptors (Lipinski definition) is 4. The van der Waals surface area contributed by atoms with Gasteiger partial charge < -0.3 is 15.3 Å². The topological polar surface area (TPSA) is 62.6 Å². The molecule has 3 atom stereocenters. The van der Waals surface area contributed by atoms with E-state index in [1.165, 1.54) is 0 Å². The molecule has 0 aliphatic carbocycles. The smallest absolute Gasteiger partial charge is 0.122 e. The highest BCUT2D eigenvalue weighted by atomic mass is 16.3. The third-order valence-electron chi connectivity index (χ3n) is 3.70. The second-order valence-electron chi connectivity index (χ2n) is 4.75. The minimum absolute atomic E-state index is 0.0494.